The number of carbonyl (C=O) groups excluding carboxylic acids is 1. The molecule has 0 N–H and O–H groups in total. The van der Waals surface area contributed by atoms with Crippen molar-refractivity contribution in [3.63, 3.8) is 0 Å². The monoisotopic (exact) mass is 222 g/mol. The summed E-state index contributed by atoms with van der Waals surface area (Å²) in [6, 6.07) is 4.24. The number of rotatable bonds is 3. The van der Waals surface area contributed by atoms with Gasteiger partial charge < -0.3 is 9.15 Å². The lowest BCUT2D eigenvalue weighted by molar-refractivity contribution is -0.142. The van der Waals surface area contributed by atoms with E-state index in [0.29, 0.717) is 17.8 Å². The van der Waals surface area contributed by atoms with Gasteiger partial charge in [-0.3, -0.25) is 4.79 Å². The van der Waals surface area contributed by atoms with Crippen LogP contribution in [0.3, 0.4) is 0 Å². The summed E-state index contributed by atoms with van der Waals surface area (Å²) in [4.78, 5) is 11.3. The van der Waals surface area contributed by atoms with Crippen LogP contribution in [0.15, 0.2) is 28.9 Å². The van der Waals surface area contributed by atoms with Crippen molar-refractivity contribution in [2.45, 2.75) is 13.3 Å². The van der Waals surface area contributed by atoms with E-state index in [1.807, 2.05) is 0 Å². The molecule has 0 spiro atoms. The zero-order valence-corrected chi connectivity index (χ0v) is 8.83. The summed E-state index contributed by atoms with van der Waals surface area (Å²) in [7, 11) is 0. The van der Waals surface area contributed by atoms with Gasteiger partial charge in [0, 0.05) is 17.0 Å². The zero-order valence-electron chi connectivity index (χ0n) is 8.83. The van der Waals surface area contributed by atoms with Crippen LogP contribution in [0.4, 0.5) is 4.39 Å². The van der Waals surface area contributed by atoms with E-state index >= 15 is 0 Å². The van der Waals surface area contributed by atoms with E-state index in [0.717, 1.165) is 5.39 Å². The maximum Gasteiger partial charge on any atom is 0.310 e. The molecule has 0 aliphatic carbocycles. The van der Waals surface area contributed by atoms with E-state index in [4.69, 9.17) is 9.15 Å². The number of fused-ring (bicyclic) bond motifs is 1. The Labute approximate surface area is 91.8 Å². The topological polar surface area (TPSA) is 39.4 Å². The van der Waals surface area contributed by atoms with E-state index in [1.54, 1.807) is 13.0 Å². The van der Waals surface area contributed by atoms with Crippen LogP contribution < -0.4 is 0 Å². The van der Waals surface area contributed by atoms with Crippen molar-refractivity contribution < 1.29 is 18.3 Å². The SMILES string of the molecule is CCOC(=O)Cc1coc2cc(F)ccc12. The van der Waals surface area contributed by atoms with Gasteiger partial charge in [-0.15, -0.1) is 0 Å². The van der Waals surface area contributed by atoms with E-state index in [-0.39, 0.29) is 18.2 Å². The second-order valence-corrected chi connectivity index (χ2v) is 3.38. The van der Waals surface area contributed by atoms with Gasteiger partial charge in [-0.05, 0) is 19.1 Å². The molecular weight excluding hydrogens is 211 g/mol. The molecule has 0 bridgehead atoms. The fourth-order valence-electron chi connectivity index (χ4n) is 1.56. The standard InChI is InChI=1S/C12H11FO3/c1-2-15-12(14)5-8-7-16-11-6-9(13)3-4-10(8)11/h3-4,6-7H,2,5H2,1H3. The van der Waals surface area contributed by atoms with Crippen LogP contribution in [0.5, 0.6) is 0 Å². The van der Waals surface area contributed by atoms with E-state index in [2.05, 4.69) is 0 Å². The maximum atomic E-state index is 12.9. The second kappa shape index (κ2) is 4.35. The summed E-state index contributed by atoms with van der Waals surface area (Å²) in [5.74, 6) is -0.668. The molecule has 0 atom stereocenters. The molecule has 0 saturated carbocycles. The number of carbonyl (C=O) groups is 1. The molecule has 0 amide bonds. The van der Waals surface area contributed by atoms with Gasteiger partial charge in [0.15, 0.2) is 0 Å². The predicted molar refractivity (Wildman–Crippen MR) is 56.5 cm³/mol. The third kappa shape index (κ3) is 2.05. The Morgan fingerprint density at radius 3 is 3.06 bits per heavy atom. The maximum absolute atomic E-state index is 12.9. The zero-order chi connectivity index (χ0) is 11.5. The molecule has 0 aliphatic heterocycles. The summed E-state index contributed by atoms with van der Waals surface area (Å²) in [6.07, 6.45) is 1.60. The van der Waals surface area contributed by atoms with Crippen LogP contribution in [0.25, 0.3) is 11.0 Å². The molecule has 0 aliphatic rings. The first-order chi connectivity index (χ1) is 7.70. The number of hydrogen-bond donors (Lipinski definition) is 0. The Bertz CT molecular complexity index is 516. The number of benzene rings is 1. The van der Waals surface area contributed by atoms with Crippen molar-refractivity contribution in [2.24, 2.45) is 0 Å². The van der Waals surface area contributed by atoms with Crippen LogP contribution in [0, 0.1) is 5.82 Å². The highest BCUT2D eigenvalue weighted by atomic mass is 19.1. The Morgan fingerprint density at radius 1 is 1.50 bits per heavy atom. The lowest BCUT2D eigenvalue weighted by Crippen LogP contribution is -2.06. The van der Waals surface area contributed by atoms with Gasteiger partial charge in [0.1, 0.15) is 11.4 Å². The van der Waals surface area contributed by atoms with Crippen LogP contribution in [-0.2, 0) is 16.0 Å². The number of halogens is 1. The molecule has 1 heterocycles. The molecule has 4 heteroatoms. The lowest BCUT2D eigenvalue weighted by atomic mass is 10.1. The highest BCUT2D eigenvalue weighted by molar-refractivity contribution is 5.85. The summed E-state index contributed by atoms with van der Waals surface area (Å²) >= 11 is 0. The fourth-order valence-corrected chi connectivity index (χ4v) is 1.56. The van der Waals surface area contributed by atoms with Gasteiger partial charge in [0.25, 0.3) is 0 Å². The first-order valence-corrected chi connectivity index (χ1v) is 5.02. The van der Waals surface area contributed by atoms with E-state index in [1.165, 1.54) is 18.4 Å². The van der Waals surface area contributed by atoms with E-state index < -0.39 is 0 Å². The van der Waals surface area contributed by atoms with Gasteiger partial charge >= 0.3 is 5.97 Å². The fraction of sp³-hybridized carbons (Fsp3) is 0.250. The summed E-state index contributed by atoms with van der Waals surface area (Å²) in [5, 5.41) is 0.745. The van der Waals surface area contributed by atoms with Crippen LogP contribution in [0.1, 0.15) is 12.5 Å². The number of ether oxygens (including phenoxy) is 1. The molecule has 16 heavy (non-hydrogen) atoms. The van der Waals surface area contributed by atoms with E-state index in [9.17, 15) is 9.18 Å². The minimum atomic E-state index is -0.357. The van der Waals surface area contributed by atoms with Crippen molar-refractivity contribution in [2.75, 3.05) is 6.61 Å². The summed E-state index contributed by atoms with van der Waals surface area (Å²) < 4.78 is 22.9. The molecule has 0 saturated heterocycles. The molecule has 2 aromatic rings. The summed E-state index contributed by atoms with van der Waals surface area (Å²) in [5.41, 5.74) is 1.16. The normalized spacial score (nSPS) is 10.6. The van der Waals surface area contributed by atoms with Gasteiger partial charge in [-0.1, -0.05) is 0 Å². The van der Waals surface area contributed by atoms with Crippen molar-refractivity contribution in [1.82, 2.24) is 0 Å². The van der Waals surface area contributed by atoms with Crippen molar-refractivity contribution in [1.29, 1.82) is 0 Å². The minimum absolute atomic E-state index is 0.145. The molecule has 2 rings (SSSR count). The Hall–Kier alpha value is -1.84. The molecule has 84 valence electrons. The van der Waals surface area contributed by atoms with Crippen molar-refractivity contribution in [3.05, 3.63) is 35.8 Å². The van der Waals surface area contributed by atoms with Gasteiger partial charge in [-0.2, -0.15) is 0 Å². The smallest absolute Gasteiger partial charge is 0.310 e. The van der Waals surface area contributed by atoms with Crippen LogP contribution in [0.2, 0.25) is 0 Å². The van der Waals surface area contributed by atoms with Crippen molar-refractivity contribution in [3.8, 4) is 0 Å². The largest absolute Gasteiger partial charge is 0.466 e. The molecular formula is C12H11FO3. The van der Waals surface area contributed by atoms with Crippen LogP contribution in [-0.4, -0.2) is 12.6 Å². The lowest BCUT2D eigenvalue weighted by Gasteiger charge is -1.99. The number of hydrogen-bond acceptors (Lipinski definition) is 3. The second-order valence-electron chi connectivity index (χ2n) is 3.38. The average Bonchev–Trinajstić information content (AvgIpc) is 2.61. The third-order valence-electron chi connectivity index (χ3n) is 2.26. The Morgan fingerprint density at radius 2 is 2.31 bits per heavy atom. The van der Waals surface area contributed by atoms with Gasteiger partial charge in [0.05, 0.1) is 19.3 Å². The molecule has 0 unspecified atom stereocenters. The van der Waals surface area contributed by atoms with Crippen LogP contribution >= 0.6 is 0 Å². The Balaban J connectivity index is 2.28. The average molecular weight is 222 g/mol. The first-order valence-electron chi connectivity index (χ1n) is 5.02. The number of esters is 1. The van der Waals surface area contributed by atoms with Gasteiger partial charge in [-0.25, -0.2) is 4.39 Å². The third-order valence-corrected chi connectivity index (χ3v) is 2.26. The predicted octanol–water partition coefficient (Wildman–Crippen LogP) is 2.68. The minimum Gasteiger partial charge on any atom is -0.466 e. The summed E-state index contributed by atoms with van der Waals surface area (Å²) in [6.45, 7) is 2.10. The molecule has 1 aromatic heterocycles. The molecule has 1 aromatic carbocycles. The first kappa shape index (κ1) is 10.7. The molecule has 3 nitrogen and oxygen atoms in total. The highest BCUT2D eigenvalue weighted by Gasteiger charge is 2.11. The Kier molecular flexibility index (Phi) is 2.90. The highest BCUT2D eigenvalue weighted by Crippen LogP contribution is 2.22. The quantitative estimate of drug-likeness (QED) is 0.749. The molecule has 0 fully saturated rings. The molecule has 0 radical (unpaired) electrons. The van der Waals surface area contributed by atoms with Crippen molar-refractivity contribution >= 4 is 16.9 Å². The van der Waals surface area contributed by atoms with Gasteiger partial charge in [0.2, 0.25) is 0 Å². The number of furan rings is 1.